The number of carbonyl (C=O) groups is 1. The number of hydrogen-bond acceptors (Lipinski definition) is 3. The second kappa shape index (κ2) is 6.74. The molecule has 1 aromatic rings. The van der Waals surface area contributed by atoms with Gasteiger partial charge in [0.25, 0.3) is 5.91 Å². The molecule has 1 saturated heterocycles. The zero-order valence-electron chi connectivity index (χ0n) is 11.3. The van der Waals surface area contributed by atoms with Crippen molar-refractivity contribution in [3.8, 4) is 11.8 Å². The Morgan fingerprint density at radius 2 is 2.21 bits per heavy atom. The van der Waals surface area contributed by atoms with Gasteiger partial charge in [0.2, 0.25) is 0 Å². The van der Waals surface area contributed by atoms with E-state index >= 15 is 0 Å². The Kier molecular flexibility index (Phi) is 5.00. The van der Waals surface area contributed by atoms with Gasteiger partial charge in [-0.3, -0.25) is 4.79 Å². The molecule has 0 saturated carbocycles. The van der Waals surface area contributed by atoms with Crippen LogP contribution in [0, 0.1) is 17.8 Å². The highest BCUT2D eigenvalue weighted by atomic mass is 32.1. The molecule has 1 aromatic heterocycles. The maximum atomic E-state index is 12.3. The highest BCUT2D eigenvalue weighted by Crippen LogP contribution is 2.23. The number of likely N-dealkylation sites (tertiary alicyclic amines) is 1. The molecule has 4 heteroatoms. The SMILES string of the molecule is CCC1CCN(C(=O)c2ccc(C#CCN)s2)CC1. The van der Waals surface area contributed by atoms with Crippen LogP contribution in [0.3, 0.4) is 0 Å². The number of thiophene rings is 1. The number of hydrogen-bond donors (Lipinski definition) is 1. The smallest absolute Gasteiger partial charge is 0.263 e. The van der Waals surface area contributed by atoms with Crippen molar-refractivity contribution < 1.29 is 4.79 Å². The van der Waals surface area contributed by atoms with Crippen LogP contribution in [0.25, 0.3) is 0 Å². The number of nitrogens with zero attached hydrogens (tertiary/aromatic N) is 1. The van der Waals surface area contributed by atoms with Crippen molar-refractivity contribution >= 4 is 17.2 Å². The minimum atomic E-state index is 0.153. The van der Waals surface area contributed by atoms with Gasteiger partial charge in [0.15, 0.2) is 0 Å². The van der Waals surface area contributed by atoms with Gasteiger partial charge in [-0.2, -0.15) is 0 Å². The van der Waals surface area contributed by atoms with E-state index < -0.39 is 0 Å². The molecule has 0 aromatic carbocycles. The van der Waals surface area contributed by atoms with E-state index in [4.69, 9.17) is 5.73 Å². The maximum Gasteiger partial charge on any atom is 0.263 e. The zero-order valence-corrected chi connectivity index (χ0v) is 12.1. The van der Waals surface area contributed by atoms with Gasteiger partial charge in [0, 0.05) is 13.1 Å². The molecule has 1 amide bonds. The predicted octanol–water partition coefficient (Wildman–Crippen LogP) is 2.32. The molecule has 102 valence electrons. The normalized spacial score (nSPS) is 16.0. The fourth-order valence-electron chi connectivity index (χ4n) is 2.36. The number of carbonyl (C=O) groups excluding carboxylic acids is 1. The van der Waals surface area contributed by atoms with Crippen LogP contribution in [0.2, 0.25) is 0 Å². The number of piperidine rings is 1. The average Bonchev–Trinajstić information content (AvgIpc) is 2.93. The Labute approximate surface area is 118 Å². The van der Waals surface area contributed by atoms with Crippen LogP contribution in [0.4, 0.5) is 0 Å². The van der Waals surface area contributed by atoms with Gasteiger partial charge in [-0.15, -0.1) is 11.3 Å². The van der Waals surface area contributed by atoms with Gasteiger partial charge in [-0.25, -0.2) is 0 Å². The van der Waals surface area contributed by atoms with E-state index in [1.807, 2.05) is 17.0 Å². The van der Waals surface area contributed by atoms with E-state index in [-0.39, 0.29) is 5.91 Å². The largest absolute Gasteiger partial charge is 0.338 e. The van der Waals surface area contributed by atoms with E-state index in [0.717, 1.165) is 41.6 Å². The Morgan fingerprint density at radius 3 is 2.84 bits per heavy atom. The molecule has 2 N–H and O–H groups in total. The Morgan fingerprint density at radius 1 is 1.47 bits per heavy atom. The molecule has 0 atom stereocenters. The van der Waals surface area contributed by atoms with Crippen molar-refractivity contribution in [2.45, 2.75) is 26.2 Å². The van der Waals surface area contributed by atoms with Crippen molar-refractivity contribution in [3.63, 3.8) is 0 Å². The molecule has 1 aliphatic heterocycles. The maximum absolute atomic E-state index is 12.3. The first-order valence-corrected chi connectivity index (χ1v) is 7.64. The third kappa shape index (κ3) is 3.59. The quantitative estimate of drug-likeness (QED) is 0.843. The van der Waals surface area contributed by atoms with Crippen molar-refractivity contribution in [2.24, 2.45) is 11.7 Å². The molecular formula is C15H20N2OS. The molecule has 0 bridgehead atoms. The van der Waals surface area contributed by atoms with E-state index in [1.54, 1.807) is 0 Å². The zero-order chi connectivity index (χ0) is 13.7. The molecule has 2 rings (SSSR count). The van der Waals surface area contributed by atoms with Crippen LogP contribution in [0.5, 0.6) is 0 Å². The minimum Gasteiger partial charge on any atom is -0.338 e. The highest BCUT2D eigenvalue weighted by Gasteiger charge is 2.23. The summed E-state index contributed by atoms with van der Waals surface area (Å²) in [5.41, 5.74) is 5.34. The Hall–Kier alpha value is -1.31. The van der Waals surface area contributed by atoms with Crippen LogP contribution >= 0.6 is 11.3 Å². The monoisotopic (exact) mass is 276 g/mol. The summed E-state index contributed by atoms with van der Waals surface area (Å²) in [7, 11) is 0. The summed E-state index contributed by atoms with van der Waals surface area (Å²) < 4.78 is 0. The lowest BCUT2D eigenvalue weighted by atomic mass is 9.94. The third-order valence-corrected chi connectivity index (χ3v) is 4.60. The van der Waals surface area contributed by atoms with Crippen molar-refractivity contribution in [1.82, 2.24) is 4.90 Å². The Balaban J connectivity index is 1.98. The number of amides is 1. The second-order valence-electron chi connectivity index (χ2n) is 4.81. The Bertz CT molecular complexity index is 490. The van der Waals surface area contributed by atoms with Crippen LogP contribution in [-0.4, -0.2) is 30.4 Å². The van der Waals surface area contributed by atoms with Crippen molar-refractivity contribution in [2.75, 3.05) is 19.6 Å². The van der Waals surface area contributed by atoms with E-state index in [0.29, 0.717) is 6.54 Å². The lowest BCUT2D eigenvalue weighted by Gasteiger charge is -2.31. The van der Waals surface area contributed by atoms with E-state index in [9.17, 15) is 4.79 Å². The van der Waals surface area contributed by atoms with E-state index in [1.165, 1.54) is 17.8 Å². The first-order chi connectivity index (χ1) is 9.24. The average molecular weight is 276 g/mol. The molecule has 1 aliphatic rings. The summed E-state index contributed by atoms with van der Waals surface area (Å²) in [6, 6.07) is 3.78. The summed E-state index contributed by atoms with van der Waals surface area (Å²) >= 11 is 1.46. The fourth-order valence-corrected chi connectivity index (χ4v) is 3.21. The van der Waals surface area contributed by atoms with Gasteiger partial charge >= 0.3 is 0 Å². The van der Waals surface area contributed by atoms with Gasteiger partial charge in [-0.1, -0.05) is 25.2 Å². The molecule has 1 fully saturated rings. The molecule has 0 spiro atoms. The second-order valence-corrected chi connectivity index (χ2v) is 5.90. The summed E-state index contributed by atoms with van der Waals surface area (Å²) in [5.74, 6) is 6.73. The number of nitrogens with two attached hydrogens (primary N) is 1. The van der Waals surface area contributed by atoms with Gasteiger partial charge in [0.1, 0.15) is 0 Å². The minimum absolute atomic E-state index is 0.153. The summed E-state index contributed by atoms with van der Waals surface area (Å²) in [4.78, 5) is 16.0. The first-order valence-electron chi connectivity index (χ1n) is 6.82. The van der Waals surface area contributed by atoms with Crippen LogP contribution in [0.15, 0.2) is 12.1 Å². The van der Waals surface area contributed by atoms with Crippen LogP contribution in [0.1, 0.15) is 40.7 Å². The first kappa shape index (κ1) is 14.1. The summed E-state index contributed by atoms with van der Waals surface area (Å²) in [5, 5.41) is 0. The van der Waals surface area contributed by atoms with Gasteiger partial charge in [-0.05, 0) is 30.9 Å². The number of rotatable bonds is 2. The van der Waals surface area contributed by atoms with E-state index in [2.05, 4.69) is 18.8 Å². The molecular weight excluding hydrogens is 256 g/mol. The molecule has 0 radical (unpaired) electrons. The standard InChI is InChI=1S/C15H20N2OS/c1-2-12-7-10-17(11-8-12)15(18)14-6-5-13(19-14)4-3-9-16/h5-6,12H,2,7-11,16H2,1H3. The molecule has 0 aliphatic carbocycles. The van der Waals surface area contributed by atoms with Crippen molar-refractivity contribution in [3.05, 3.63) is 21.9 Å². The highest BCUT2D eigenvalue weighted by molar-refractivity contribution is 7.14. The van der Waals surface area contributed by atoms with Crippen LogP contribution < -0.4 is 5.73 Å². The molecule has 0 unspecified atom stereocenters. The fraction of sp³-hybridized carbons (Fsp3) is 0.533. The molecule has 3 nitrogen and oxygen atoms in total. The molecule has 2 heterocycles. The lowest BCUT2D eigenvalue weighted by molar-refractivity contribution is 0.0694. The lowest BCUT2D eigenvalue weighted by Crippen LogP contribution is -2.37. The van der Waals surface area contributed by atoms with Crippen LogP contribution in [-0.2, 0) is 0 Å². The van der Waals surface area contributed by atoms with Crippen molar-refractivity contribution in [1.29, 1.82) is 0 Å². The summed E-state index contributed by atoms with van der Waals surface area (Å²) in [6.45, 7) is 4.35. The predicted molar refractivity (Wildman–Crippen MR) is 79.2 cm³/mol. The topological polar surface area (TPSA) is 46.3 Å². The van der Waals surface area contributed by atoms with Gasteiger partial charge in [0.05, 0.1) is 16.3 Å². The molecule has 19 heavy (non-hydrogen) atoms. The van der Waals surface area contributed by atoms with Gasteiger partial charge < -0.3 is 10.6 Å². The summed E-state index contributed by atoms with van der Waals surface area (Å²) in [6.07, 6.45) is 3.49. The third-order valence-electron chi connectivity index (χ3n) is 3.61.